The number of ether oxygens (including phenoxy) is 1. The number of halogens is 1. The van der Waals surface area contributed by atoms with Gasteiger partial charge in [-0.3, -0.25) is 0 Å². The van der Waals surface area contributed by atoms with Crippen LogP contribution < -0.4 is 15.8 Å². The highest BCUT2D eigenvalue weighted by atomic mass is 19.1. The molecule has 4 nitrogen and oxygen atoms in total. The van der Waals surface area contributed by atoms with Crippen molar-refractivity contribution in [2.75, 3.05) is 18.1 Å². The van der Waals surface area contributed by atoms with Gasteiger partial charge in [0, 0.05) is 18.7 Å². The Morgan fingerprint density at radius 3 is 2.65 bits per heavy atom. The fourth-order valence-electron chi connectivity index (χ4n) is 2.27. The van der Waals surface area contributed by atoms with E-state index in [9.17, 15) is 4.39 Å². The molecule has 0 amide bonds. The summed E-state index contributed by atoms with van der Waals surface area (Å²) in [6.45, 7) is 0. The molecule has 0 fully saturated rings. The van der Waals surface area contributed by atoms with E-state index in [-0.39, 0.29) is 5.82 Å². The summed E-state index contributed by atoms with van der Waals surface area (Å²) in [5, 5.41) is 2.91. The third-order valence-electron chi connectivity index (χ3n) is 3.37. The van der Waals surface area contributed by atoms with Crippen LogP contribution in [0.3, 0.4) is 0 Å². The van der Waals surface area contributed by atoms with Crippen LogP contribution in [0.5, 0.6) is 11.6 Å². The van der Waals surface area contributed by atoms with Crippen molar-refractivity contribution in [2.45, 2.75) is 0 Å². The highest BCUT2D eigenvalue weighted by Crippen LogP contribution is 2.33. The van der Waals surface area contributed by atoms with Gasteiger partial charge < -0.3 is 15.8 Å². The van der Waals surface area contributed by atoms with Crippen LogP contribution in [0.4, 0.5) is 15.9 Å². The van der Waals surface area contributed by atoms with Gasteiger partial charge in [0.2, 0.25) is 5.88 Å². The summed E-state index contributed by atoms with van der Waals surface area (Å²) < 4.78 is 19.4. The van der Waals surface area contributed by atoms with Crippen LogP contribution in [0, 0.1) is 5.82 Å². The van der Waals surface area contributed by atoms with Crippen molar-refractivity contribution < 1.29 is 9.13 Å². The summed E-state index contributed by atoms with van der Waals surface area (Å²) in [4.78, 5) is 4.31. The third kappa shape index (κ3) is 3.23. The molecule has 23 heavy (non-hydrogen) atoms. The number of benzene rings is 2. The Balaban J connectivity index is 1.98. The second-order valence-electron chi connectivity index (χ2n) is 4.95. The molecule has 1 heterocycles. The number of anilines is 2. The van der Waals surface area contributed by atoms with Crippen molar-refractivity contribution in [1.29, 1.82) is 0 Å². The average Bonchev–Trinajstić information content (AvgIpc) is 2.57. The number of nitrogens with one attached hydrogen (secondary N) is 1. The normalized spacial score (nSPS) is 10.3. The minimum atomic E-state index is -0.291. The fourth-order valence-corrected chi connectivity index (χ4v) is 2.27. The number of nitrogen functional groups attached to an aromatic ring is 1. The monoisotopic (exact) mass is 309 g/mol. The lowest BCUT2D eigenvalue weighted by Crippen LogP contribution is -2.00. The molecule has 0 aliphatic carbocycles. The van der Waals surface area contributed by atoms with Crippen molar-refractivity contribution in [3.8, 4) is 22.8 Å². The van der Waals surface area contributed by atoms with Crippen LogP contribution in [-0.4, -0.2) is 12.0 Å². The topological polar surface area (TPSA) is 60.2 Å². The summed E-state index contributed by atoms with van der Waals surface area (Å²) in [6.07, 6.45) is 0. The first-order valence-electron chi connectivity index (χ1n) is 7.14. The summed E-state index contributed by atoms with van der Waals surface area (Å²) in [7, 11) is 1.74. The minimum Gasteiger partial charge on any atom is -0.438 e. The van der Waals surface area contributed by atoms with E-state index in [1.54, 1.807) is 25.2 Å². The molecule has 0 aliphatic rings. The maximum Gasteiger partial charge on any atom is 0.221 e. The maximum atomic E-state index is 13.5. The number of para-hydroxylation sites is 1. The number of hydrogen-bond acceptors (Lipinski definition) is 4. The molecular formula is C18H16FN3O. The van der Waals surface area contributed by atoms with E-state index in [0.717, 1.165) is 11.1 Å². The average molecular weight is 309 g/mol. The van der Waals surface area contributed by atoms with Gasteiger partial charge in [0.15, 0.2) is 5.82 Å². The predicted molar refractivity (Wildman–Crippen MR) is 90.1 cm³/mol. The zero-order valence-electron chi connectivity index (χ0n) is 12.6. The first kappa shape index (κ1) is 14.8. The predicted octanol–water partition coefficient (Wildman–Crippen LogP) is 4.30. The molecule has 5 heteroatoms. The number of nitrogens with zero attached hydrogens (tertiary/aromatic N) is 1. The summed E-state index contributed by atoms with van der Waals surface area (Å²) in [6, 6.07) is 17.2. The fraction of sp³-hybridized carbons (Fsp3) is 0.0556. The Bertz CT molecular complexity index is 836. The van der Waals surface area contributed by atoms with Crippen molar-refractivity contribution in [2.24, 2.45) is 0 Å². The van der Waals surface area contributed by atoms with Gasteiger partial charge in [-0.1, -0.05) is 30.3 Å². The minimum absolute atomic E-state index is 0.291. The number of nitrogens with two attached hydrogens (primary N) is 1. The van der Waals surface area contributed by atoms with Gasteiger partial charge >= 0.3 is 0 Å². The van der Waals surface area contributed by atoms with Gasteiger partial charge in [-0.15, -0.1) is 0 Å². The molecule has 0 bridgehead atoms. The van der Waals surface area contributed by atoms with Crippen molar-refractivity contribution in [1.82, 2.24) is 4.98 Å². The molecule has 3 rings (SSSR count). The van der Waals surface area contributed by atoms with Crippen LogP contribution in [0.25, 0.3) is 11.1 Å². The number of hydrogen-bond donors (Lipinski definition) is 2. The molecule has 0 saturated carbocycles. The standard InChI is InChI=1S/C18H16FN3O/c1-21-18-15(20)9-10-17(22-18)23-16-8-3-2-7-14(16)12-5-4-6-13(19)11-12/h2-11H,20H2,1H3,(H,21,22). The van der Waals surface area contributed by atoms with Crippen LogP contribution in [0.2, 0.25) is 0 Å². The molecule has 3 N–H and O–H groups in total. The Hall–Kier alpha value is -3.08. The zero-order chi connectivity index (χ0) is 16.2. The molecule has 2 aromatic carbocycles. The Labute approximate surface area is 133 Å². The number of aromatic nitrogens is 1. The molecule has 0 aliphatic heterocycles. The van der Waals surface area contributed by atoms with Crippen molar-refractivity contribution in [3.05, 3.63) is 66.5 Å². The number of pyridine rings is 1. The van der Waals surface area contributed by atoms with Crippen LogP contribution in [0.15, 0.2) is 60.7 Å². The molecule has 0 radical (unpaired) electrons. The zero-order valence-corrected chi connectivity index (χ0v) is 12.6. The second-order valence-corrected chi connectivity index (χ2v) is 4.95. The van der Waals surface area contributed by atoms with Gasteiger partial charge in [-0.25, -0.2) is 4.39 Å². The summed E-state index contributed by atoms with van der Waals surface area (Å²) >= 11 is 0. The number of rotatable bonds is 4. The summed E-state index contributed by atoms with van der Waals surface area (Å²) in [5.41, 5.74) is 7.88. The molecule has 3 aromatic rings. The van der Waals surface area contributed by atoms with E-state index in [1.165, 1.54) is 12.1 Å². The van der Waals surface area contributed by atoms with E-state index in [4.69, 9.17) is 10.5 Å². The molecule has 116 valence electrons. The van der Waals surface area contributed by atoms with Gasteiger partial charge in [0.05, 0.1) is 5.69 Å². The highest BCUT2D eigenvalue weighted by molar-refractivity contribution is 5.71. The van der Waals surface area contributed by atoms with Crippen LogP contribution in [-0.2, 0) is 0 Å². The molecule has 0 unspecified atom stereocenters. The van der Waals surface area contributed by atoms with Crippen LogP contribution in [0.1, 0.15) is 0 Å². The smallest absolute Gasteiger partial charge is 0.221 e. The first-order chi connectivity index (χ1) is 11.2. The Kier molecular flexibility index (Phi) is 4.10. The molecule has 0 atom stereocenters. The van der Waals surface area contributed by atoms with E-state index in [1.807, 2.05) is 30.3 Å². The van der Waals surface area contributed by atoms with Crippen molar-refractivity contribution >= 4 is 11.5 Å². The first-order valence-corrected chi connectivity index (χ1v) is 7.14. The second kappa shape index (κ2) is 6.36. The SMILES string of the molecule is CNc1nc(Oc2ccccc2-c2cccc(F)c2)ccc1N. The van der Waals surface area contributed by atoms with Gasteiger partial charge in [-0.05, 0) is 29.8 Å². The van der Waals surface area contributed by atoms with E-state index in [0.29, 0.717) is 23.1 Å². The third-order valence-corrected chi connectivity index (χ3v) is 3.37. The molecule has 0 saturated heterocycles. The van der Waals surface area contributed by atoms with E-state index >= 15 is 0 Å². The highest BCUT2D eigenvalue weighted by Gasteiger charge is 2.09. The van der Waals surface area contributed by atoms with E-state index < -0.39 is 0 Å². The van der Waals surface area contributed by atoms with Crippen molar-refractivity contribution in [3.63, 3.8) is 0 Å². The van der Waals surface area contributed by atoms with Gasteiger partial charge in [0.25, 0.3) is 0 Å². The Morgan fingerprint density at radius 2 is 1.87 bits per heavy atom. The summed E-state index contributed by atoms with van der Waals surface area (Å²) in [5.74, 6) is 1.26. The van der Waals surface area contributed by atoms with Crippen LogP contribution >= 0.6 is 0 Å². The lowest BCUT2D eigenvalue weighted by molar-refractivity contribution is 0.465. The molecular weight excluding hydrogens is 293 g/mol. The maximum absolute atomic E-state index is 13.5. The largest absolute Gasteiger partial charge is 0.438 e. The molecule has 1 aromatic heterocycles. The van der Waals surface area contributed by atoms with Gasteiger partial charge in [0.1, 0.15) is 11.6 Å². The van der Waals surface area contributed by atoms with Gasteiger partial charge in [-0.2, -0.15) is 4.98 Å². The molecule has 0 spiro atoms. The lowest BCUT2D eigenvalue weighted by atomic mass is 10.0. The lowest BCUT2D eigenvalue weighted by Gasteiger charge is -2.12. The quantitative estimate of drug-likeness (QED) is 0.754. The van der Waals surface area contributed by atoms with E-state index in [2.05, 4.69) is 10.3 Å². The Morgan fingerprint density at radius 1 is 1.04 bits per heavy atom.